The van der Waals surface area contributed by atoms with Gasteiger partial charge < -0.3 is 4.74 Å². The zero-order valence-electron chi connectivity index (χ0n) is 8.99. The van der Waals surface area contributed by atoms with E-state index in [0.29, 0.717) is 5.78 Å². The molecular weight excluding hydrogens is 208 g/mol. The minimum Gasteiger partial charge on any atom is -0.381 e. The summed E-state index contributed by atoms with van der Waals surface area (Å²) in [5.74, 6) is 0.535. The SMILES string of the molecule is CCc1ccsc1C(=O)C1CCOCC1. The fraction of sp³-hybridized carbons (Fsp3) is 0.583. The van der Waals surface area contributed by atoms with Crippen LogP contribution in [-0.4, -0.2) is 19.0 Å². The van der Waals surface area contributed by atoms with Gasteiger partial charge in [-0.1, -0.05) is 6.92 Å². The molecule has 3 heteroatoms. The number of carbonyl (C=O) groups excluding carboxylic acids is 1. The van der Waals surface area contributed by atoms with Crippen molar-refractivity contribution in [1.29, 1.82) is 0 Å². The van der Waals surface area contributed by atoms with E-state index in [-0.39, 0.29) is 5.92 Å². The zero-order chi connectivity index (χ0) is 10.7. The third-order valence-corrected chi connectivity index (χ3v) is 3.91. The molecule has 0 N–H and O–H groups in total. The first kappa shape index (κ1) is 10.8. The lowest BCUT2D eigenvalue weighted by Gasteiger charge is -2.20. The van der Waals surface area contributed by atoms with Crippen molar-refractivity contribution in [2.24, 2.45) is 5.92 Å². The molecule has 2 rings (SSSR count). The molecule has 0 amide bonds. The summed E-state index contributed by atoms with van der Waals surface area (Å²) >= 11 is 1.59. The second-order valence-electron chi connectivity index (χ2n) is 3.88. The minimum absolute atomic E-state index is 0.197. The molecule has 1 fully saturated rings. The molecule has 1 saturated heterocycles. The van der Waals surface area contributed by atoms with Crippen LogP contribution >= 0.6 is 11.3 Å². The molecular formula is C12H16O2S. The lowest BCUT2D eigenvalue weighted by molar-refractivity contribution is 0.0547. The highest BCUT2D eigenvalue weighted by molar-refractivity contribution is 7.12. The summed E-state index contributed by atoms with van der Waals surface area (Å²) in [5, 5.41) is 2.02. The van der Waals surface area contributed by atoms with Gasteiger partial charge in [0.2, 0.25) is 0 Å². The molecule has 1 aromatic rings. The number of carbonyl (C=O) groups is 1. The first-order valence-corrected chi connectivity index (χ1v) is 6.39. The van der Waals surface area contributed by atoms with Gasteiger partial charge in [0.15, 0.2) is 5.78 Å². The van der Waals surface area contributed by atoms with Gasteiger partial charge in [-0.25, -0.2) is 0 Å². The summed E-state index contributed by atoms with van der Waals surface area (Å²) in [6.07, 6.45) is 2.73. The van der Waals surface area contributed by atoms with Gasteiger partial charge in [0.25, 0.3) is 0 Å². The van der Waals surface area contributed by atoms with Crippen LogP contribution in [0.5, 0.6) is 0 Å². The van der Waals surface area contributed by atoms with E-state index in [1.54, 1.807) is 11.3 Å². The summed E-state index contributed by atoms with van der Waals surface area (Å²) < 4.78 is 5.27. The molecule has 0 bridgehead atoms. The first-order chi connectivity index (χ1) is 7.33. The van der Waals surface area contributed by atoms with Crippen molar-refractivity contribution in [3.05, 3.63) is 21.9 Å². The lowest BCUT2D eigenvalue weighted by Crippen LogP contribution is -2.23. The van der Waals surface area contributed by atoms with Crippen molar-refractivity contribution in [1.82, 2.24) is 0 Å². The number of Topliss-reactive ketones (excluding diaryl/α,β-unsaturated/α-hetero) is 1. The summed E-state index contributed by atoms with van der Waals surface area (Å²) in [5.41, 5.74) is 1.21. The highest BCUT2D eigenvalue weighted by Gasteiger charge is 2.24. The van der Waals surface area contributed by atoms with Gasteiger partial charge in [0.1, 0.15) is 0 Å². The Morgan fingerprint density at radius 3 is 2.93 bits per heavy atom. The van der Waals surface area contributed by atoms with Gasteiger partial charge in [-0.05, 0) is 36.3 Å². The molecule has 2 nitrogen and oxygen atoms in total. The molecule has 0 unspecified atom stereocenters. The highest BCUT2D eigenvalue weighted by atomic mass is 32.1. The predicted molar refractivity (Wildman–Crippen MR) is 61.6 cm³/mol. The van der Waals surface area contributed by atoms with Crippen LogP contribution in [-0.2, 0) is 11.2 Å². The molecule has 82 valence electrons. The van der Waals surface area contributed by atoms with Crippen LogP contribution in [0.15, 0.2) is 11.4 Å². The molecule has 15 heavy (non-hydrogen) atoms. The molecule has 0 spiro atoms. The van der Waals surface area contributed by atoms with E-state index in [2.05, 4.69) is 13.0 Å². The molecule has 1 aliphatic rings. The van der Waals surface area contributed by atoms with Crippen LogP contribution in [0.3, 0.4) is 0 Å². The number of ketones is 1. The van der Waals surface area contributed by atoms with E-state index < -0.39 is 0 Å². The summed E-state index contributed by atoms with van der Waals surface area (Å²) in [4.78, 5) is 13.2. The maximum atomic E-state index is 12.2. The Kier molecular flexibility index (Phi) is 3.54. The Morgan fingerprint density at radius 1 is 1.53 bits per heavy atom. The second kappa shape index (κ2) is 4.90. The maximum absolute atomic E-state index is 12.2. The fourth-order valence-corrected chi connectivity index (χ4v) is 2.99. The van der Waals surface area contributed by atoms with Crippen LogP contribution in [0.2, 0.25) is 0 Å². The molecule has 1 aliphatic heterocycles. The Balaban J connectivity index is 2.12. The molecule has 0 aromatic carbocycles. The van der Waals surface area contributed by atoms with E-state index in [1.165, 1.54) is 5.56 Å². The van der Waals surface area contributed by atoms with E-state index in [1.807, 2.05) is 5.38 Å². The number of hydrogen-bond donors (Lipinski definition) is 0. The summed E-state index contributed by atoms with van der Waals surface area (Å²) in [6, 6.07) is 2.07. The van der Waals surface area contributed by atoms with Crippen LogP contribution in [0.1, 0.15) is 35.0 Å². The Hall–Kier alpha value is -0.670. The van der Waals surface area contributed by atoms with E-state index in [4.69, 9.17) is 4.74 Å². The average Bonchev–Trinajstić information content (AvgIpc) is 2.77. The number of hydrogen-bond acceptors (Lipinski definition) is 3. The van der Waals surface area contributed by atoms with Crippen molar-refractivity contribution in [3.63, 3.8) is 0 Å². The smallest absolute Gasteiger partial charge is 0.176 e. The number of rotatable bonds is 3. The first-order valence-electron chi connectivity index (χ1n) is 5.51. The van der Waals surface area contributed by atoms with Crippen LogP contribution in [0.4, 0.5) is 0 Å². The Bertz CT molecular complexity index is 337. The zero-order valence-corrected chi connectivity index (χ0v) is 9.81. The monoisotopic (exact) mass is 224 g/mol. The fourth-order valence-electron chi connectivity index (χ4n) is 1.98. The van der Waals surface area contributed by atoms with Gasteiger partial charge in [0, 0.05) is 19.1 Å². The third-order valence-electron chi connectivity index (χ3n) is 2.94. The second-order valence-corrected chi connectivity index (χ2v) is 4.80. The van der Waals surface area contributed by atoms with E-state index >= 15 is 0 Å². The average molecular weight is 224 g/mol. The lowest BCUT2D eigenvalue weighted by atomic mass is 9.93. The summed E-state index contributed by atoms with van der Waals surface area (Å²) in [6.45, 7) is 3.58. The van der Waals surface area contributed by atoms with Gasteiger partial charge in [-0.15, -0.1) is 11.3 Å². The number of aryl methyl sites for hydroxylation is 1. The predicted octanol–water partition coefficient (Wildman–Crippen LogP) is 2.92. The van der Waals surface area contributed by atoms with Gasteiger partial charge >= 0.3 is 0 Å². The van der Waals surface area contributed by atoms with Crippen molar-refractivity contribution in [2.45, 2.75) is 26.2 Å². The van der Waals surface area contributed by atoms with Gasteiger partial charge in [0.05, 0.1) is 4.88 Å². The van der Waals surface area contributed by atoms with Crippen molar-refractivity contribution in [3.8, 4) is 0 Å². The normalized spacial score (nSPS) is 17.9. The van der Waals surface area contributed by atoms with Crippen molar-refractivity contribution in [2.75, 3.05) is 13.2 Å². The van der Waals surface area contributed by atoms with E-state index in [0.717, 1.165) is 37.4 Å². The molecule has 2 heterocycles. The Morgan fingerprint density at radius 2 is 2.27 bits per heavy atom. The quantitative estimate of drug-likeness (QED) is 0.738. The molecule has 0 aliphatic carbocycles. The number of thiophene rings is 1. The molecule has 0 radical (unpaired) electrons. The van der Waals surface area contributed by atoms with Crippen LogP contribution in [0, 0.1) is 5.92 Å². The molecule has 1 aromatic heterocycles. The van der Waals surface area contributed by atoms with Crippen LogP contribution in [0.25, 0.3) is 0 Å². The Labute approximate surface area is 94.3 Å². The van der Waals surface area contributed by atoms with Gasteiger partial charge in [-0.2, -0.15) is 0 Å². The van der Waals surface area contributed by atoms with Crippen molar-refractivity contribution >= 4 is 17.1 Å². The summed E-state index contributed by atoms with van der Waals surface area (Å²) in [7, 11) is 0. The van der Waals surface area contributed by atoms with Gasteiger partial charge in [-0.3, -0.25) is 4.79 Å². The minimum atomic E-state index is 0.197. The molecule has 0 saturated carbocycles. The van der Waals surface area contributed by atoms with E-state index in [9.17, 15) is 4.79 Å². The largest absolute Gasteiger partial charge is 0.381 e. The van der Waals surface area contributed by atoms with Crippen LogP contribution < -0.4 is 0 Å². The third kappa shape index (κ3) is 2.29. The van der Waals surface area contributed by atoms with Crippen molar-refractivity contribution < 1.29 is 9.53 Å². The standard InChI is InChI=1S/C12H16O2S/c1-2-9-5-8-15-12(9)11(13)10-3-6-14-7-4-10/h5,8,10H,2-4,6-7H2,1H3. The highest BCUT2D eigenvalue weighted by Crippen LogP contribution is 2.26. The topological polar surface area (TPSA) is 26.3 Å². The molecule has 0 atom stereocenters. The number of ether oxygens (including phenoxy) is 1. The maximum Gasteiger partial charge on any atom is 0.176 e.